The van der Waals surface area contributed by atoms with Crippen LogP contribution in [0.3, 0.4) is 0 Å². The van der Waals surface area contributed by atoms with Crippen LogP contribution in [0, 0.1) is 6.92 Å². The predicted molar refractivity (Wildman–Crippen MR) is 111 cm³/mol. The third kappa shape index (κ3) is 4.48. The van der Waals surface area contributed by atoms with Crippen LogP contribution >= 0.6 is 0 Å². The number of hydrogen-bond donors (Lipinski definition) is 1. The Morgan fingerprint density at radius 3 is 2.59 bits per heavy atom. The molecule has 0 saturated carbocycles. The van der Waals surface area contributed by atoms with Crippen molar-refractivity contribution in [3.63, 3.8) is 0 Å². The number of ether oxygens (including phenoxy) is 1. The van der Waals surface area contributed by atoms with E-state index in [1.54, 1.807) is 7.11 Å². The minimum atomic E-state index is 0.0228. The van der Waals surface area contributed by atoms with Crippen LogP contribution in [0.5, 0.6) is 5.75 Å². The van der Waals surface area contributed by atoms with Crippen molar-refractivity contribution in [1.82, 2.24) is 5.32 Å². The summed E-state index contributed by atoms with van der Waals surface area (Å²) in [6, 6.07) is 20.7. The first-order valence-corrected chi connectivity index (χ1v) is 9.53. The van der Waals surface area contributed by atoms with Gasteiger partial charge in [0.25, 0.3) is 0 Å². The van der Waals surface area contributed by atoms with Crippen molar-refractivity contribution < 1.29 is 9.53 Å². The summed E-state index contributed by atoms with van der Waals surface area (Å²) in [5, 5.41) is 5.63. The number of hydrogen-bond acceptors (Lipinski definition) is 2. The normalized spacial score (nSPS) is 12.0. The molecule has 0 radical (unpaired) electrons. The lowest BCUT2D eigenvalue weighted by Gasteiger charge is -2.19. The molecular formula is C24H27NO2. The second-order valence-corrected chi connectivity index (χ2v) is 6.90. The maximum absolute atomic E-state index is 12.6. The molecule has 3 nitrogen and oxygen atoms in total. The fourth-order valence-corrected chi connectivity index (χ4v) is 3.56. The van der Waals surface area contributed by atoms with Gasteiger partial charge in [0.05, 0.1) is 13.2 Å². The fraction of sp³-hybridized carbons (Fsp3) is 0.292. The number of aryl methyl sites for hydroxylation is 2. The molecule has 0 bridgehead atoms. The molecule has 140 valence electrons. The smallest absolute Gasteiger partial charge is 0.220 e. The van der Waals surface area contributed by atoms with Gasteiger partial charge in [0, 0.05) is 6.42 Å². The topological polar surface area (TPSA) is 38.3 Å². The lowest BCUT2D eigenvalue weighted by atomic mass is 9.99. The predicted octanol–water partition coefficient (Wildman–Crippen LogP) is 5.36. The van der Waals surface area contributed by atoms with Gasteiger partial charge in [-0.3, -0.25) is 4.79 Å². The minimum Gasteiger partial charge on any atom is -0.496 e. The first-order valence-electron chi connectivity index (χ1n) is 9.53. The zero-order valence-corrected chi connectivity index (χ0v) is 16.3. The van der Waals surface area contributed by atoms with E-state index in [9.17, 15) is 4.79 Å². The Bertz CT molecular complexity index is 927. The second-order valence-electron chi connectivity index (χ2n) is 6.90. The summed E-state index contributed by atoms with van der Waals surface area (Å²) in [6.07, 6.45) is 2.08. The highest BCUT2D eigenvalue weighted by Crippen LogP contribution is 2.25. The minimum absolute atomic E-state index is 0.0228. The van der Waals surface area contributed by atoms with E-state index in [-0.39, 0.29) is 11.9 Å². The SMILES string of the molecule is CC[C@@H](NC(=O)CCc1cccc2ccccc12)c1ccc(OC)c(C)c1. The zero-order chi connectivity index (χ0) is 19.2. The highest BCUT2D eigenvalue weighted by Gasteiger charge is 2.14. The van der Waals surface area contributed by atoms with Gasteiger partial charge in [0.2, 0.25) is 5.91 Å². The molecule has 1 atom stereocenters. The van der Waals surface area contributed by atoms with E-state index in [2.05, 4.69) is 48.6 Å². The summed E-state index contributed by atoms with van der Waals surface area (Å²) < 4.78 is 5.33. The van der Waals surface area contributed by atoms with Crippen LogP contribution in [0.15, 0.2) is 60.7 Å². The Kier molecular flexibility index (Phi) is 6.12. The molecule has 0 aliphatic heterocycles. The molecule has 0 heterocycles. The number of amides is 1. The van der Waals surface area contributed by atoms with Crippen molar-refractivity contribution in [2.75, 3.05) is 7.11 Å². The summed E-state index contributed by atoms with van der Waals surface area (Å²) >= 11 is 0. The molecule has 3 heteroatoms. The van der Waals surface area contributed by atoms with Gasteiger partial charge in [-0.2, -0.15) is 0 Å². The number of rotatable bonds is 7. The molecule has 0 saturated heterocycles. The summed E-state index contributed by atoms with van der Waals surface area (Å²) in [5.74, 6) is 0.958. The van der Waals surface area contributed by atoms with E-state index in [1.165, 1.54) is 16.3 Å². The molecule has 0 aliphatic rings. The maximum atomic E-state index is 12.6. The van der Waals surface area contributed by atoms with Crippen molar-refractivity contribution in [2.24, 2.45) is 0 Å². The fourth-order valence-electron chi connectivity index (χ4n) is 3.56. The molecule has 0 aliphatic carbocycles. The monoisotopic (exact) mass is 361 g/mol. The number of methoxy groups -OCH3 is 1. The molecule has 1 amide bonds. The highest BCUT2D eigenvalue weighted by molar-refractivity contribution is 5.86. The van der Waals surface area contributed by atoms with Crippen LogP contribution in [0.25, 0.3) is 10.8 Å². The van der Waals surface area contributed by atoms with Gasteiger partial charge in [-0.1, -0.05) is 61.5 Å². The van der Waals surface area contributed by atoms with Crippen LogP contribution in [0.4, 0.5) is 0 Å². The van der Waals surface area contributed by atoms with Crippen LogP contribution in [-0.2, 0) is 11.2 Å². The Labute approximate surface area is 161 Å². The average molecular weight is 361 g/mol. The van der Waals surface area contributed by atoms with Gasteiger partial charge < -0.3 is 10.1 Å². The van der Waals surface area contributed by atoms with E-state index in [1.807, 2.05) is 31.2 Å². The van der Waals surface area contributed by atoms with E-state index in [4.69, 9.17) is 4.74 Å². The molecule has 0 aromatic heterocycles. The van der Waals surface area contributed by atoms with E-state index < -0.39 is 0 Å². The lowest BCUT2D eigenvalue weighted by Crippen LogP contribution is -2.28. The number of fused-ring (bicyclic) bond motifs is 1. The van der Waals surface area contributed by atoms with Gasteiger partial charge in [-0.05, 0) is 53.3 Å². The first-order chi connectivity index (χ1) is 13.1. The van der Waals surface area contributed by atoms with Gasteiger partial charge >= 0.3 is 0 Å². The molecule has 0 spiro atoms. The molecule has 0 unspecified atom stereocenters. The number of benzene rings is 3. The number of nitrogens with one attached hydrogen (secondary N) is 1. The van der Waals surface area contributed by atoms with Crippen molar-refractivity contribution in [2.45, 2.75) is 39.2 Å². The largest absolute Gasteiger partial charge is 0.496 e. The molecular weight excluding hydrogens is 334 g/mol. The highest BCUT2D eigenvalue weighted by atomic mass is 16.5. The van der Waals surface area contributed by atoms with Crippen LogP contribution < -0.4 is 10.1 Å². The molecule has 3 rings (SSSR count). The van der Waals surface area contributed by atoms with Gasteiger partial charge in [0.15, 0.2) is 0 Å². The van der Waals surface area contributed by atoms with Gasteiger partial charge in [-0.15, -0.1) is 0 Å². The Morgan fingerprint density at radius 2 is 1.85 bits per heavy atom. The van der Waals surface area contributed by atoms with E-state index >= 15 is 0 Å². The van der Waals surface area contributed by atoms with Crippen molar-refractivity contribution in [1.29, 1.82) is 0 Å². The van der Waals surface area contributed by atoms with Crippen molar-refractivity contribution >= 4 is 16.7 Å². The number of carbonyl (C=O) groups is 1. The Morgan fingerprint density at radius 1 is 1.07 bits per heavy atom. The quantitative estimate of drug-likeness (QED) is 0.615. The second kappa shape index (κ2) is 8.72. The molecule has 3 aromatic carbocycles. The molecule has 1 N–H and O–H groups in total. The van der Waals surface area contributed by atoms with Crippen LogP contribution in [0.1, 0.15) is 42.5 Å². The average Bonchev–Trinajstić information content (AvgIpc) is 2.70. The van der Waals surface area contributed by atoms with Crippen molar-refractivity contribution in [3.8, 4) is 5.75 Å². The van der Waals surface area contributed by atoms with Crippen molar-refractivity contribution in [3.05, 3.63) is 77.4 Å². The van der Waals surface area contributed by atoms with Gasteiger partial charge in [-0.25, -0.2) is 0 Å². The standard InChI is InChI=1S/C24H27NO2/c1-4-22(20-12-14-23(27-3)17(2)16-20)25-24(26)15-13-19-10-7-9-18-8-5-6-11-21(18)19/h5-12,14,16,22H,4,13,15H2,1-3H3,(H,25,26)/t22-/m1/s1. The Hall–Kier alpha value is -2.81. The van der Waals surface area contributed by atoms with Crippen LogP contribution in [0.2, 0.25) is 0 Å². The summed E-state index contributed by atoms with van der Waals surface area (Å²) in [6.45, 7) is 4.12. The first kappa shape index (κ1) is 19.0. The van der Waals surface area contributed by atoms with Gasteiger partial charge in [0.1, 0.15) is 5.75 Å². The third-order valence-corrected chi connectivity index (χ3v) is 5.07. The summed E-state index contributed by atoms with van der Waals surface area (Å²) in [4.78, 5) is 12.6. The zero-order valence-electron chi connectivity index (χ0n) is 16.3. The lowest BCUT2D eigenvalue weighted by molar-refractivity contribution is -0.121. The third-order valence-electron chi connectivity index (χ3n) is 5.07. The number of carbonyl (C=O) groups excluding carboxylic acids is 1. The van der Waals surface area contributed by atoms with E-state index in [0.717, 1.165) is 29.7 Å². The summed E-state index contributed by atoms with van der Waals surface area (Å²) in [5.41, 5.74) is 3.42. The molecule has 27 heavy (non-hydrogen) atoms. The molecule has 0 fully saturated rings. The molecule has 3 aromatic rings. The van der Waals surface area contributed by atoms with E-state index in [0.29, 0.717) is 6.42 Å². The Balaban J connectivity index is 1.66. The van der Waals surface area contributed by atoms with Crippen LogP contribution in [-0.4, -0.2) is 13.0 Å². The summed E-state index contributed by atoms with van der Waals surface area (Å²) in [7, 11) is 1.67. The maximum Gasteiger partial charge on any atom is 0.220 e.